The molecule has 0 aliphatic heterocycles. The Balaban J connectivity index is 2.04. The van der Waals surface area contributed by atoms with Gasteiger partial charge in [0, 0.05) is 17.4 Å². The average molecular weight is 321 g/mol. The summed E-state index contributed by atoms with van der Waals surface area (Å²) in [6.07, 6.45) is 1.20. The molecule has 2 rings (SSSR count). The molecule has 0 spiro atoms. The van der Waals surface area contributed by atoms with E-state index >= 15 is 0 Å². The van der Waals surface area contributed by atoms with Crippen molar-refractivity contribution in [3.63, 3.8) is 0 Å². The van der Waals surface area contributed by atoms with Gasteiger partial charge in [-0.3, -0.25) is 10.1 Å². The Kier molecular flexibility index (Phi) is 4.94. The minimum atomic E-state index is -0.573. The number of nitro benzene ring substituents is 1. The van der Waals surface area contributed by atoms with Crippen LogP contribution >= 0.6 is 11.8 Å². The van der Waals surface area contributed by atoms with Crippen molar-refractivity contribution in [2.24, 2.45) is 5.10 Å². The van der Waals surface area contributed by atoms with Crippen molar-refractivity contribution in [3.8, 4) is 5.75 Å². The first-order valence-electron chi connectivity index (χ1n) is 6.29. The van der Waals surface area contributed by atoms with E-state index in [0.29, 0.717) is 16.4 Å². The lowest BCUT2D eigenvalue weighted by atomic mass is 10.2. The number of nitro groups is 1. The number of hydrazone groups is 1. The van der Waals surface area contributed by atoms with Gasteiger partial charge in [0.05, 0.1) is 11.1 Å². The molecule has 2 aromatic rings. The lowest BCUT2D eigenvalue weighted by Crippen LogP contribution is -1.99. The number of nitrogens with one attached hydrogen (secondary N) is 2. The summed E-state index contributed by atoms with van der Waals surface area (Å²) in [6, 6.07) is 3.44. The largest absolute Gasteiger partial charge is 0.872 e. The molecule has 1 aromatic carbocycles. The number of benzene rings is 1. The van der Waals surface area contributed by atoms with Crippen molar-refractivity contribution in [2.75, 3.05) is 5.43 Å². The molecule has 0 aliphatic carbocycles. The summed E-state index contributed by atoms with van der Waals surface area (Å²) >= 11 is 1.49. The highest BCUT2D eigenvalue weighted by Crippen LogP contribution is 2.20. The number of hydrogen-bond acceptors (Lipinski definition) is 8. The van der Waals surface area contributed by atoms with Crippen LogP contribution < -0.4 is 10.5 Å². The second-order valence-corrected chi connectivity index (χ2v) is 6.03. The van der Waals surface area contributed by atoms with Gasteiger partial charge in [0.2, 0.25) is 11.1 Å². The number of nitrogens with zero attached hydrogens (tertiary/aromatic N) is 4. The van der Waals surface area contributed by atoms with E-state index in [-0.39, 0.29) is 17.0 Å². The molecule has 0 aliphatic rings. The highest BCUT2D eigenvalue weighted by atomic mass is 32.2. The van der Waals surface area contributed by atoms with Gasteiger partial charge in [0.1, 0.15) is 0 Å². The monoisotopic (exact) mass is 321 g/mol. The molecule has 10 heteroatoms. The number of H-pyrrole nitrogens is 1. The van der Waals surface area contributed by atoms with Crippen LogP contribution in [0.25, 0.3) is 0 Å². The van der Waals surface area contributed by atoms with Crippen LogP contribution in [-0.4, -0.2) is 31.6 Å². The Morgan fingerprint density at radius 3 is 2.95 bits per heavy atom. The standard InChI is InChI=1S/C12H14N6O3S/c1-7(2)22-12-14-11(16-17-12)15-13-6-8-5-9(18(20)21)3-4-10(8)19/h3-7,19H,1-2H3,(H2,14,15,16,17)/p-1/b13-6-. The number of anilines is 1. The molecule has 1 heterocycles. The minimum Gasteiger partial charge on any atom is -0.872 e. The normalized spacial score (nSPS) is 11.2. The zero-order chi connectivity index (χ0) is 16.1. The van der Waals surface area contributed by atoms with E-state index in [4.69, 9.17) is 0 Å². The van der Waals surface area contributed by atoms with Crippen LogP contribution in [0.5, 0.6) is 5.75 Å². The van der Waals surface area contributed by atoms with Crippen molar-refractivity contribution in [2.45, 2.75) is 24.3 Å². The van der Waals surface area contributed by atoms with Crippen LogP contribution in [0, 0.1) is 10.1 Å². The summed E-state index contributed by atoms with van der Waals surface area (Å²) in [7, 11) is 0. The summed E-state index contributed by atoms with van der Waals surface area (Å²) in [5.74, 6) is -0.0398. The van der Waals surface area contributed by atoms with Crippen molar-refractivity contribution in [3.05, 3.63) is 33.9 Å². The van der Waals surface area contributed by atoms with Crippen LogP contribution in [0.1, 0.15) is 19.4 Å². The molecule has 2 N–H and O–H groups in total. The highest BCUT2D eigenvalue weighted by Gasteiger charge is 2.06. The van der Waals surface area contributed by atoms with Crippen molar-refractivity contribution in [1.29, 1.82) is 0 Å². The Bertz CT molecular complexity index is 700. The fraction of sp³-hybridized carbons (Fsp3) is 0.250. The molecule has 1 aromatic heterocycles. The molecule has 0 radical (unpaired) electrons. The number of aromatic nitrogens is 3. The van der Waals surface area contributed by atoms with E-state index in [1.54, 1.807) is 0 Å². The van der Waals surface area contributed by atoms with E-state index in [1.807, 2.05) is 13.8 Å². The summed E-state index contributed by atoms with van der Waals surface area (Å²) < 4.78 is 0. The Hall–Kier alpha value is -2.62. The zero-order valence-electron chi connectivity index (χ0n) is 11.8. The zero-order valence-corrected chi connectivity index (χ0v) is 12.6. The van der Waals surface area contributed by atoms with Crippen LogP contribution in [0.3, 0.4) is 0 Å². The van der Waals surface area contributed by atoms with Crippen LogP contribution in [0.4, 0.5) is 11.6 Å². The van der Waals surface area contributed by atoms with Gasteiger partial charge >= 0.3 is 0 Å². The number of hydrogen-bond donors (Lipinski definition) is 2. The maximum absolute atomic E-state index is 11.6. The van der Waals surface area contributed by atoms with Crippen molar-refractivity contribution in [1.82, 2.24) is 15.2 Å². The highest BCUT2D eigenvalue weighted by molar-refractivity contribution is 7.99. The average Bonchev–Trinajstić information content (AvgIpc) is 2.87. The molecule has 0 amide bonds. The van der Waals surface area contributed by atoms with Crippen LogP contribution in [-0.2, 0) is 0 Å². The minimum absolute atomic E-state index is 0.109. The number of thioether (sulfide) groups is 1. The second kappa shape index (κ2) is 6.89. The van der Waals surface area contributed by atoms with E-state index in [2.05, 4.69) is 25.7 Å². The maximum atomic E-state index is 11.6. The molecular weight excluding hydrogens is 308 g/mol. The molecule has 0 atom stereocenters. The fourth-order valence-electron chi connectivity index (χ4n) is 1.47. The molecular formula is C12H13N6O3S-. The quantitative estimate of drug-likeness (QED) is 0.358. The van der Waals surface area contributed by atoms with E-state index in [1.165, 1.54) is 18.0 Å². The maximum Gasteiger partial charge on any atom is 0.270 e. The van der Waals surface area contributed by atoms with E-state index < -0.39 is 4.92 Å². The lowest BCUT2D eigenvalue weighted by Gasteiger charge is -2.08. The van der Waals surface area contributed by atoms with E-state index in [9.17, 15) is 15.2 Å². The first-order valence-corrected chi connectivity index (χ1v) is 7.17. The van der Waals surface area contributed by atoms with Gasteiger partial charge in [-0.1, -0.05) is 37.4 Å². The molecule has 0 fully saturated rings. The molecule has 9 nitrogen and oxygen atoms in total. The summed E-state index contributed by atoms with van der Waals surface area (Å²) in [6.45, 7) is 4.04. The molecule has 22 heavy (non-hydrogen) atoms. The van der Waals surface area contributed by atoms with Crippen molar-refractivity contribution >= 4 is 29.6 Å². The number of non-ortho nitro benzene ring substituents is 1. The third kappa shape index (κ3) is 4.19. The van der Waals surface area contributed by atoms with Crippen molar-refractivity contribution < 1.29 is 10.0 Å². The van der Waals surface area contributed by atoms with Gasteiger partial charge in [0.15, 0.2) is 0 Å². The predicted molar refractivity (Wildman–Crippen MR) is 81.1 cm³/mol. The Morgan fingerprint density at radius 2 is 2.27 bits per heavy atom. The van der Waals surface area contributed by atoms with Gasteiger partial charge in [0.25, 0.3) is 5.69 Å². The van der Waals surface area contributed by atoms with Gasteiger partial charge in [-0.05, 0) is 5.56 Å². The molecule has 0 bridgehead atoms. The fourth-order valence-corrected chi connectivity index (χ4v) is 2.14. The smallest absolute Gasteiger partial charge is 0.270 e. The molecule has 0 unspecified atom stereocenters. The van der Waals surface area contributed by atoms with Gasteiger partial charge in [-0.15, -0.1) is 5.10 Å². The lowest BCUT2D eigenvalue weighted by molar-refractivity contribution is -0.385. The van der Waals surface area contributed by atoms with Gasteiger partial charge in [-0.25, -0.2) is 10.5 Å². The second-order valence-electron chi connectivity index (χ2n) is 4.48. The van der Waals surface area contributed by atoms with Crippen LogP contribution in [0.2, 0.25) is 0 Å². The van der Waals surface area contributed by atoms with E-state index in [0.717, 1.165) is 18.2 Å². The summed E-state index contributed by atoms with van der Waals surface area (Å²) in [5, 5.41) is 33.6. The Morgan fingerprint density at radius 1 is 1.50 bits per heavy atom. The first kappa shape index (κ1) is 15.8. The Labute approximate surface area is 130 Å². The summed E-state index contributed by atoms with van der Waals surface area (Å²) in [4.78, 5) is 14.2. The van der Waals surface area contributed by atoms with Crippen LogP contribution in [0.15, 0.2) is 28.5 Å². The summed E-state index contributed by atoms with van der Waals surface area (Å²) in [5.41, 5.74) is 2.52. The number of aromatic amines is 1. The topological polar surface area (TPSA) is 132 Å². The van der Waals surface area contributed by atoms with Gasteiger partial charge < -0.3 is 5.11 Å². The number of rotatable bonds is 6. The SMILES string of the molecule is CC(C)Sc1n[nH]c(N/N=C\c2cc([N+](=O)[O-])ccc2[O-])n1. The predicted octanol–water partition coefficient (Wildman–Crippen LogP) is 1.73. The molecule has 0 saturated heterocycles. The van der Waals surface area contributed by atoms with Gasteiger partial charge in [-0.2, -0.15) is 10.1 Å². The third-order valence-corrected chi connectivity index (χ3v) is 3.25. The molecule has 0 saturated carbocycles. The first-order chi connectivity index (χ1) is 10.5. The third-order valence-electron chi connectivity index (χ3n) is 2.38. The molecule has 116 valence electrons.